The average molecular weight is 286 g/mol. The Hall–Kier alpha value is -1.11. The zero-order chi connectivity index (χ0) is 14.8. The fraction of sp³-hybridized carbons (Fsp3) is 0.538. The second-order valence-electron chi connectivity index (χ2n) is 5.15. The lowest BCUT2D eigenvalue weighted by atomic mass is 10.1. The standard InChI is InChI=1S/C13H22N2O3S/c1-5-13(4,16)8-15-19(17,18)12-7-9(2)6-11(14)10(12)3/h6-7,15-16H,5,8,14H2,1-4H3. The third-order valence-electron chi connectivity index (χ3n) is 3.24. The van der Waals surface area contributed by atoms with Crippen molar-refractivity contribution in [2.24, 2.45) is 0 Å². The van der Waals surface area contributed by atoms with Gasteiger partial charge in [-0.1, -0.05) is 6.92 Å². The zero-order valence-corrected chi connectivity index (χ0v) is 12.6. The number of sulfonamides is 1. The van der Waals surface area contributed by atoms with E-state index in [1.54, 1.807) is 39.8 Å². The molecule has 0 saturated heterocycles. The molecule has 0 radical (unpaired) electrons. The molecule has 1 unspecified atom stereocenters. The Morgan fingerprint density at radius 3 is 2.47 bits per heavy atom. The Balaban J connectivity index is 3.08. The molecule has 108 valence electrons. The van der Waals surface area contributed by atoms with Crippen LogP contribution in [-0.2, 0) is 10.0 Å². The number of rotatable bonds is 5. The first kappa shape index (κ1) is 15.9. The fourth-order valence-corrected chi connectivity index (χ4v) is 3.10. The number of hydrogen-bond donors (Lipinski definition) is 3. The fourth-order valence-electron chi connectivity index (χ4n) is 1.58. The molecular weight excluding hydrogens is 264 g/mol. The van der Waals surface area contributed by atoms with Gasteiger partial charge >= 0.3 is 0 Å². The zero-order valence-electron chi connectivity index (χ0n) is 11.8. The van der Waals surface area contributed by atoms with Gasteiger partial charge in [-0.15, -0.1) is 0 Å². The van der Waals surface area contributed by atoms with Gasteiger partial charge in [0.15, 0.2) is 0 Å². The number of aliphatic hydroxyl groups is 1. The van der Waals surface area contributed by atoms with Crippen LogP contribution >= 0.6 is 0 Å². The number of anilines is 1. The highest BCUT2D eigenvalue weighted by Crippen LogP contribution is 2.23. The molecule has 6 heteroatoms. The van der Waals surface area contributed by atoms with Gasteiger partial charge < -0.3 is 10.8 Å². The summed E-state index contributed by atoms with van der Waals surface area (Å²) in [6.07, 6.45) is 0.463. The molecule has 0 aliphatic carbocycles. The summed E-state index contributed by atoms with van der Waals surface area (Å²) in [5, 5.41) is 9.86. The molecule has 1 rings (SSSR count). The summed E-state index contributed by atoms with van der Waals surface area (Å²) >= 11 is 0. The van der Waals surface area contributed by atoms with Crippen molar-refractivity contribution in [3.05, 3.63) is 23.3 Å². The van der Waals surface area contributed by atoms with Crippen LogP contribution in [0.3, 0.4) is 0 Å². The predicted octanol–water partition coefficient (Wildman–Crippen LogP) is 1.32. The molecule has 1 aromatic rings. The van der Waals surface area contributed by atoms with Gasteiger partial charge in [-0.25, -0.2) is 13.1 Å². The molecule has 0 aliphatic rings. The van der Waals surface area contributed by atoms with E-state index in [0.717, 1.165) is 5.56 Å². The highest BCUT2D eigenvalue weighted by Gasteiger charge is 2.24. The minimum absolute atomic E-state index is 0.0287. The summed E-state index contributed by atoms with van der Waals surface area (Å²) in [6.45, 7) is 6.81. The van der Waals surface area contributed by atoms with Gasteiger partial charge in [0.2, 0.25) is 10.0 Å². The van der Waals surface area contributed by atoms with Gasteiger partial charge in [0.25, 0.3) is 0 Å². The minimum Gasteiger partial charge on any atom is -0.398 e. The second-order valence-corrected chi connectivity index (χ2v) is 6.89. The van der Waals surface area contributed by atoms with Crippen LogP contribution in [0, 0.1) is 13.8 Å². The first-order chi connectivity index (χ1) is 8.59. The summed E-state index contributed by atoms with van der Waals surface area (Å²) in [5.74, 6) is 0. The van der Waals surface area contributed by atoms with Crippen LogP contribution in [0.4, 0.5) is 5.69 Å². The molecule has 4 N–H and O–H groups in total. The van der Waals surface area contributed by atoms with E-state index in [4.69, 9.17) is 5.73 Å². The average Bonchev–Trinajstić information content (AvgIpc) is 2.31. The first-order valence-electron chi connectivity index (χ1n) is 6.18. The summed E-state index contributed by atoms with van der Waals surface area (Å²) in [6, 6.07) is 3.31. The third kappa shape index (κ3) is 3.92. The second kappa shape index (κ2) is 5.48. The lowest BCUT2D eigenvalue weighted by Crippen LogP contribution is -2.40. The van der Waals surface area contributed by atoms with Gasteiger partial charge in [0.05, 0.1) is 10.5 Å². The van der Waals surface area contributed by atoms with Crippen molar-refractivity contribution in [1.29, 1.82) is 0 Å². The van der Waals surface area contributed by atoms with E-state index in [0.29, 0.717) is 17.7 Å². The van der Waals surface area contributed by atoms with Crippen LogP contribution in [0.25, 0.3) is 0 Å². The van der Waals surface area contributed by atoms with Gasteiger partial charge in [-0.2, -0.15) is 0 Å². The van der Waals surface area contributed by atoms with E-state index in [2.05, 4.69) is 4.72 Å². The summed E-state index contributed by atoms with van der Waals surface area (Å²) in [7, 11) is -3.67. The Labute approximate surface area is 114 Å². The van der Waals surface area contributed by atoms with E-state index in [1.807, 2.05) is 0 Å². The maximum atomic E-state index is 12.2. The molecule has 0 fully saturated rings. The van der Waals surface area contributed by atoms with Crippen molar-refractivity contribution >= 4 is 15.7 Å². The Morgan fingerprint density at radius 1 is 1.37 bits per heavy atom. The highest BCUT2D eigenvalue weighted by atomic mass is 32.2. The molecule has 19 heavy (non-hydrogen) atoms. The normalized spacial score (nSPS) is 15.2. The molecule has 0 amide bonds. The van der Waals surface area contributed by atoms with Crippen LogP contribution in [-0.4, -0.2) is 25.7 Å². The highest BCUT2D eigenvalue weighted by molar-refractivity contribution is 7.89. The van der Waals surface area contributed by atoms with Crippen molar-refractivity contribution in [2.45, 2.75) is 44.6 Å². The lowest BCUT2D eigenvalue weighted by molar-refractivity contribution is 0.0613. The van der Waals surface area contributed by atoms with Gasteiger partial charge in [-0.05, 0) is 50.5 Å². The summed E-state index contributed by atoms with van der Waals surface area (Å²) in [4.78, 5) is 0.164. The molecule has 0 aromatic heterocycles. The van der Waals surface area contributed by atoms with Crippen molar-refractivity contribution in [3.63, 3.8) is 0 Å². The predicted molar refractivity (Wildman–Crippen MR) is 76.4 cm³/mol. The molecule has 0 heterocycles. The van der Waals surface area contributed by atoms with E-state index < -0.39 is 15.6 Å². The number of aryl methyl sites for hydroxylation is 1. The smallest absolute Gasteiger partial charge is 0.241 e. The monoisotopic (exact) mass is 286 g/mol. The number of nitrogens with two attached hydrogens (primary N) is 1. The quantitative estimate of drug-likeness (QED) is 0.712. The Morgan fingerprint density at radius 2 is 1.95 bits per heavy atom. The van der Waals surface area contributed by atoms with Crippen molar-refractivity contribution < 1.29 is 13.5 Å². The molecule has 0 spiro atoms. The number of benzene rings is 1. The molecule has 0 bridgehead atoms. The van der Waals surface area contributed by atoms with Crippen LogP contribution in [0.5, 0.6) is 0 Å². The minimum atomic E-state index is -3.67. The van der Waals surface area contributed by atoms with Gasteiger partial charge in [0, 0.05) is 12.2 Å². The van der Waals surface area contributed by atoms with E-state index in [-0.39, 0.29) is 11.4 Å². The van der Waals surface area contributed by atoms with E-state index >= 15 is 0 Å². The maximum absolute atomic E-state index is 12.2. The Kier molecular flexibility index (Phi) is 4.60. The summed E-state index contributed by atoms with van der Waals surface area (Å²) < 4.78 is 26.9. The topological polar surface area (TPSA) is 92.4 Å². The van der Waals surface area contributed by atoms with Crippen LogP contribution in [0.1, 0.15) is 31.4 Å². The van der Waals surface area contributed by atoms with Crippen LogP contribution in [0.2, 0.25) is 0 Å². The van der Waals surface area contributed by atoms with Crippen molar-refractivity contribution in [3.8, 4) is 0 Å². The van der Waals surface area contributed by atoms with Crippen LogP contribution < -0.4 is 10.5 Å². The SMILES string of the molecule is CCC(C)(O)CNS(=O)(=O)c1cc(C)cc(N)c1C. The molecule has 0 saturated carbocycles. The third-order valence-corrected chi connectivity index (χ3v) is 4.77. The number of nitrogen functional groups attached to an aromatic ring is 1. The van der Waals surface area contributed by atoms with Crippen molar-refractivity contribution in [2.75, 3.05) is 12.3 Å². The van der Waals surface area contributed by atoms with Crippen molar-refractivity contribution in [1.82, 2.24) is 4.72 Å². The van der Waals surface area contributed by atoms with E-state index in [1.165, 1.54) is 0 Å². The first-order valence-corrected chi connectivity index (χ1v) is 7.66. The molecule has 0 aliphatic heterocycles. The van der Waals surface area contributed by atoms with Crippen LogP contribution in [0.15, 0.2) is 17.0 Å². The molecule has 5 nitrogen and oxygen atoms in total. The summed E-state index contributed by atoms with van der Waals surface area (Å²) in [5.41, 5.74) is 6.48. The lowest BCUT2D eigenvalue weighted by Gasteiger charge is -2.22. The molecular formula is C13H22N2O3S. The van der Waals surface area contributed by atoms with Gasteiger partial charge in [-0.3, -0.25) is 0 Å². The van der Waals surface area contributed by atoms with E-state index in [9.17, 15) is 13.5 Å². The molecule has 1 aromatic carbocycles. The maximum Gasteiger partial charge on any atom is 0.241 e. The Bertz CT molecular complexity index is 565. The number of nitrogens with one attached hydrogen (secondary N) is 1. The van der Waals surface area contributed by atoms with Gasteiger partial charge in [0.1, 0.15) is 0 Å². The molecule has 1 atom stereocenters. The number of hydrogen-bond acceptors (Lipinski definition) is 4. The largest absolute Gasteiger partial charge is 0.398 e.